The number of ether oxygens (including phenoxy) is 1. The number of benzene rings is 2. The van der Waals surface area contributed by atoms with Crippen LogP contribution in [0.4, 0.5) is 0 Å². The summed E-state index contributed by atoms with van der Waals surface area (Å²) < 4.78 is 4.97. The topological polar surface area (TPSA) is 63.6 Å². The molecule has 1 N–H and O–H groups in total. The molecule has 0 unspecified atom stereocenters. The van der Waals surface area contributed by atoms with E-state index in [0.29, 0.717) is 0 Å². The lowest BCUT2D eigenvalue weighted by atomic mass is 9.66. The molecule has 4 heteroatoms. The Kier molecular flexibility index (Phi) is 4.98. The largest absolute Gasteiger partial charge is 0.481 e. The van der Waals surface area contributed by atoms with E-state index in [2.05, 4.69) is 0 Å². The molecule has 25 heavy (non-hydrogen) atoms. The Morgan fingerprint density at radius 3 is 1.64 bits per heavy atom. The first-order chi connectivity index (χ1) is 12.1. The molecule has 0 radical (unpaired) electrons. The second kappa shape index (κ2) is 7.34. The lowest BCUT2D eigenvalue weighted by Crippen LogP contribution is -2.40. The van der Waals surface area contributed by atoms with E-state index in [-0.39, 0.29) is 11.8 Å². The van der Waals surface area contributed by atoms with Gasteiger partial charge in [0.2, 0.25) is 0 Å². The maximum Gasteiger partial charge on any atom is 0.310 e. The molecule has 2 aromatic carbocycles. The second-order valence-corrected chi connectivity index (χ2v) is 6.17. The van der Waals surface area contributed by atoms with E-state index in [1.807, 2.05) is 72.8 Å². The molecule has 3 rings (SSSR count). The smallest absolute Gasteiger partial charge is 0.310 e. The van der Waals surface area contributed by atoms with Crippen molar-refractivity contribution in [3.8, 4) is 0 Å². The predicted octanol–water partition coefficient (Wildman–Crippen LogP) is 3.61. The van der Waals surface area contributed by atoms with Gasteiger partial charge in [-0.25, -0.2) is 0 Å². The van der Waals surface area contributed by atoms with Gasteiger partial charge in [-0.15, -0.1) is 0 Å². The van der Waals surface area contributed by atoms with E-state index in [9.17, 15) is 14.7 Å². The van der Waals surface area contributed by atoms with E-state index in [4.69, 9.17) is 4.74 Å². The Labute approximate surface area is 146 Å². The third-order valence-corrected chi connectivity index (χ3v) is 4.81. The number of aliphatic carboxylic acids is 1. The summed E-state index contributed by atoms with van der Waals surface area (Å²) in [5.41, 5.74) is 1.79. The van der Waals surface area contributed by atoms with Gasteiger partial charge in [-0.3, -0.25) is 9.59 Å². The van der Waals surface area contributed by atoms with Crippen LogP contribution < -0.4 is 0 Å². The van der Waals surface area contributed by atoms with Crippen molar-refractivity contribution in [2.24, 2.45) is 11.8 Å². The van der Waals surface area contributed by atoms with E-state index in [1.165, 1.54) is 7.11 Å². The number of carboxylic acids is 1. The van der Waals surface area contributed by atoms with E-state index in [0.717, 1.165) is 11.1 Å². The van der Waals surface area contributed by atoms with Gasteiger partial charge in [-0.2, -0.15) is 0 Å². The Bertz CT molecular complexity index is 767. The van der Waals surface area contributed by atoms with Gasteiger partial charge in [-0.05, 0) is 11.1 Å². The first-order valence-corrected chi connectivity index (χ1v) is 8.22. The van der Waals surface area contributed by atoms with Crippen LogP contribution in [0.5, 0.6) is 0 Å². The highest BCUT2D eigenvalue weighted by Gasteiger charge is 2.46. The average Bonchev–Trinajstić information content (AvgIpc) is 2.67. The maximum atomic E-state index is 12.5. The van der Waals surface area contributed by atoms with Crippen molar-refractivity contribution in [1.82, 2.24) is 0 Å². The van der Waals surface area contributed by atoms with Crippen LogP contribution in [0.2, 0.25) is 0 Å². The normalized spacial score (nSPS) is 25.3. The average molecular weight is 336 g/mol. The number of carbonyl (C=O) groups excluding carboxylic acids is 1. The van der Waals surface area contributed by atoms with Crippen LogP contribution in [0.25, 0.3) is 0 Å². The second-order valence-electron chi connectivity index (χ2n) is 6.17. The Hall–Kier alpha value is -2.88. The summed E-state index contributed by atoms with van der Waals surface area (Å²) in [5.74, 6) is -3.84. The minimum atomic E-state index is -0.991. The molecule has 2 aromatic rings. The highest BCUT2D eigenvalue weighted by molar-refractivity contribution is 5.84. The molecule has 0 saturated heterocycles. The number of carbonyl (C=O) groups is 2. The summed E-state index contributed by atoms with van der Waals surface area (Å²) >= 11 is 0. The van der Waals surface area contributed by atoms with Crippen molar-refractivity contribution < 1.29 is 19.4 Å². The van der Waals surface area contributed by atoms with E-state index < -0.39 is 23.8 Å². The van der Waals surface area contributed by atoms with Crippen LogP contribution in [0.1, 0.15) is 23.0 Å². The molecule has 0 fully saturated rings. The molecule has 0 bridgehead atoms. The van der Waals surface area contributed by atoms with Crippen LogP contribution in [-0.4, -0.2) is 24.2 Å². The standard InChI is InChI=1S/C21H20O4/c1-25-21(24)19-17(15-10-6-3-7-11-15)13-12-16(18(19)20(22)23)14-8-4-2-5-9-14/h2-13,16-19H,1H3,(H,22,23)/t16-,17-,18+,19+/m1/s1. The fraction of sp³-hybridized carbons (Fsp3) is 0.238. The first-order valence-electron chi connectivity index (χ1n) is 8.22. The van der Waals surface area contributed by atoms with Crippen LogP contribution in [0.3, 0.4) is 0 Å². The summed E-state index contributed by atoms with van der Waals surface area (Å²) in [5, 5.41) is 9.91. The zero-order valence-corrected chi connectivity index (χ0v) is 13.9. The summed E-state index contributed by atoms with van der Waals surface area (Å²) in [6.07, 6.45) is 3.85. The number of methoxy groups -OCH3 is 1. The number of esters is 1. The van der Waals surface area contributed by atoms with Crippen molar-refractivity contribution >= 4 is 11.9 Å². The lowest BCUT2D eigenvalue weighted by molar-refractivity contribution is -0.157. The molecule has 1 aliphatic carbocycles. The molecule has 0 saturated carbocycles. The van der Waals surface area contributed by atoms with Crippen molar-refractivity contribution in [2.45, 2.75) is 11.8 Å². The maximum absolute atomic E-state index is 12.5. The lowest BCUT2D eigenvalue weighted by Gasteiger charge is -2.36. The van der Waals surface area contributed by atoms with Gasteiger partial charge < -0.3 is 9.84 Å². The third kappa shape index (κ3) is 3.33. The first kappa shape index (κ1) is 17.0. The molecule has 0 spiro atoms. The monoisotopic (exact) mass is 336 g/mol. The minimum absolute atomic E-state index is 0.324. The molecule has 1 aliphatic rings. The zero-order chi connectivity index (χ0) is 17.8. The van der Waals surface area contributed by atoms with Crippen molar-refractivity contribution in [2.75, 3.05) is 7.11 Å². The molecule has 0 aliphatic heterocycles. The van der Waals surface area contributed by atoms with Gasteiger partial charge in [0.05, 0.1) is 18.9 Å². The molecular formula is C21H20O4. The molecule has 0 heterocycles. The number of allylic oxidation sites excluding steroid dienone is 2. The van der Waals surface area contributed by atoms with Crippen molar-refractivity contribution in [1.29, 1.82) is 0 Å². The SMILES string of the molecule is COC(=O)[C@@H]1[C@@H](C(=O)O)[C@@H](c2ccccc2)C=C[C@@H]1c1ccccc1. The van der Waals surface area contributed by atoms with Gasteiger partial charge in [-0.1, -0.05) is 72.8 Å². The van der Waals surface area contributed by atoms with Crippen molar-refractivity contribution in [3.05, 3.63) is 83.9 Å². The molecule has 0 aromatic heterocycles. The molecule has 4 nitrogen and oxygen atoms in total. The zero-order valence-electron chi connectivity index (χ0n) is 13.9. The van der Waals surface area contributed by atoms with Gasteiger partial charge in [0, 0.05) is 11.8 Å². The fourth-order valence-electron chi connectivity index (χ4n) is 3.65. The molecule has 4 atom stereocenters. The third-order valence-electron chi connectivity index (χ3n) is 4.81. The molecule has 0 amide bonds. The van der Waals surface area contributed by atoms with Crippen molar-refractivity contribution in [3.63, 3.8) is 0 Å². The van der Waals surface area contributed by atoms with E-state index >= 15 is 0 Å². The quantitative estimate of drug-likeness (QED) is 0.684. The van der Waals surface area contributed by atoms with Crippen LogP contribution in [-0.2, 0) is 14.3 Å². The number of hydrogen-bond donors (Lipinski definition) is 1. The number of rotatable bonds is 4. The fourth-order valence-corrected chi connectivity index (χ4v) is 3.65. The van der Waals surface area contributed by atoms with Crippen LogP contribution in [0.15, 0.2) is 72.8 Å². The Morgan fingerprint density at radius 1 is 0.800 bits per heavy atom. The number of hydrogen-bond acceptors (Lipinski definition) is 3. The molecular weight excluding hydrogens is 316 g/mol. The van der Waals surface area contributed by atoms with E-state index in [1.54, 1.807) is 0 Å². The van der Waals surface area contributed by atoms with Gasteiger partial charge in [0.1, 0.15) is 0 Å². The van der Waals surface area contributed by atoms with Crippen LogP contribution >= 0.6 is 0 Å². The van der Waals surface area contributed by atoms with Crippen LogP contribution in [0, 0.1) is 11.8 Å². The van der Waals surface area contributed by atoms with Gasteiger partial charge in [0.15, 0.2) is 0 Å². The minimum Gasteiger partial charge on any atom is -0.481 e. The highest BCUT2D eigenvalue weighted by atomic mass is 16.5. The summed E-state index contributed by atoms with van der Waals surface area (Å²) in [6, 6.07) is 18.9. The van der Waals surface area contributed by atoms with Gasteiger partial charge in [0.25, 0.3) is 0 Å². The van der Waals surface area contributed by atoms with Gasteiger partial charge >= 0.3 is 11.9 Å². The Morgan fingerprint density at radius 2 is 1.24 bits per heavy atom. The highest BCUT2D eigenvalue weighted by Crippen LogP contribution is 2.44. The summed E-state index contributed by atoms with van der Waals surface area (Å²) in [4.78, 5) is 24.6. The number of carboxylic acid groups (broad SMARTS) is 1. The Balaban J connectivity index is 2.10. The predicted molar refractivity (Wildman–Crippen MR) is 94.1 cm³/mol. The summed E-state index contributed by atoms with van der Waals surface area (Å²) in [7, 11) is 1.30. The molecule has 128 valence electrons. The summed E-state index contributed by atoms with van der Waals surface area (Å²) in [6.45, 7) is 0.